The second-order valence-electron chi connectivity index (χ2n) is 10.9. The van der Waals surface area contributed by atoms with Gasteiger partial charge in [0.2, 0.25) is 0 Å². The maximum atomic E-state index is 11.5. The fourth-order valence-corrected chi connectivity index (χ4v) is 8.41. The molecule has 0 spiro atoms. The summed E-state index contributed by atoms with van der Waals surface area (Å²) in [7, 11) is 1.50. The number of carbonyl (C=O) groups excluding carboxylic acids is 1. The smallest absolute Gasteiger partial charge is 0.305 e. The van der Waals surface area contributed by atoms with Crippen LogP contribution in [0.25, 0.3) is 0 Å². The molecule has 0 aromatic rings. The van der Waals surface area contributed by atoms with E-state index >= 15 is 0 Å². The zero-order chi connectivity index (χ0) is 21.2. The Morgan fingerprint density at radius 3 is 2.38 bits per heavy atom. The highest BCUT2D eigenvalue weighted by Crippen LogP contribution is 2.67. The predicted molar refractivity (Wildman–Crippen MR) is 118 cm³/mol. The quantitative estimate of drug-likeness (QED) is 0.551. The van der Waals surface area contributed by atoms with Crippen LogP contribution in [0.4, 0.5) is 0 Å². The van der Waals surface area contributed by atoms with Crippen LogP contribution < -0.4 is 0 Å². The summed E-state index contributed by atoms with van der Waals surface area (Å²) in [4.78, 5) is 11.5. The van der Waals surface area contributed by atoms with E-state index in [0.717, 1.165) is 48.9 Å². The van der Waals surface area contributed by atoms with Gasteiger partial charge in [0, 0.05) is 6.42 Å². The van der Waals surface area contributed by atoms with Crippen molar-refractivity contribution in [3.05, 3.63) is 0 Å². The lowest BCUT2D eigenvalue weighted by Gasteiger charge is -2.61. The number of hydrogen-bond acceptors (Lipinski definition) is 3. The molecule has 4 aliphatic carbocycles. The molecular formula is C26H46O3. The molecule has 0 radical (unpaired) electrons. The van der Waals surface area contributed by atoms with Crippen molar-refractivity contribution in [1.29, 1.82) is 0 Å². The van der Waals surface area contributed by atoms with Crippen LogP contribution >= 0.6 is 0 Å². The Hall–Kier alpha value is -0.570. The molecule has 0 bridgehead atoms. The first-order valence-corrected chi connectivity index (χ1v) is 12.6. The second kappa shape index (κ2) is 9.28. The van der Waals surface area contributed by atoms with Crippen LogP contribution in [0.2, 0.25) is 0 Å². The highest BCUT2D eigenvalue weighted by Gasteiger charge is 2.59. The van der Waals surface area contributed by atoms with E-state index in [2.05, 4.69) is 13.8 Å². The van der Waals surface area contributed by atoms with Crippen molar-refractivity contribution >= 4 is 5.97 Å². The summed E-state index contributed by atoms with van der Waals surface area (Å²) in [5.74, 6) is 4.19. The molecule has 8 unspecified atom stereocenters. The van der Waals surface area contributed by atoms with Gasteiger partial charge in [-0.1, -0.05) is 27.7 Å². The van der Waals surface area contributed by atoms with E-state index in [1.165, 1.54) is 58.5 Å². The lowest BCUT2D eigenvalue weighted by atomic mass is 9.44. The lowest BCUT2D eigenvalue weighted by molar-refractivity contribution is -0.141. The van der Waals surface area contributed by atoms with Gasteiger partial charge in [-0.15, -0.1) is 0 Å². The molecule has 4 saturated carbocycles. The molecule has 3 nitrogen and oxygen atoms in total. The predicted octanol–water partition coefficient (Wildman–Crippen LogP) is 6.38. The van der Waals surface area contributed by atoms with Gasteiger partial charge in [-0.25, -0.2) is 0 Å². The fourth-order valence-electron chi connectivity index (χ4n) is 8.41. The van der Waals surface area contributed by atoms with Crippen molar-refractivity contribution in [2.75, 3.05) is 7.11 Å². The number of esters is 1. The summed E-state index contributed by atoms with van der Waals surface area (Å²) in [6.45, 7) is 9.16. The van der Waals surface area contributed by atoms with Crippen molar-refractivity contribution < 1.29 is 14.6 Å². The highest BCUT2D eigenvalue weighted by molar-refractivity contribution is 5.68. The van der Waals surface area contributed by atoms with Gasteiger partial charge in [0.1, 0.15) is 0 Å². The summed E-state index contributed by atoms with van der Waals surface area (Å²) >= 11 is 0. The Morgan fingerprint density at radius 2 is 1.66 bits per heavy atom. The van der Waals surface area contributed by atoms with E-state index < -0.39 is 0 Å². The van der Waals surface area contributed by atoms with Gasteiger partial charge >= 0.3 is 5.97 Å². The Labute approximate surface area is 179 Å². The maximum absolute atomic E-state index is 11.5. The van der Waals surface area contributed by atoms with Crippen molar-refractivity contribution in [3.8, 4) is 0 Å². The van der Waals surface area contributed by atoms with Gasteiger partial charge < -0.3 is 9.84 Å². The van der Waals surface area contributed by atoms with Crippen LogP contribution in [0.15, 0.2) is 0 Å². The lowest BCUT2D eigenvalue weighted by Crippen LogP contribution is -2.53. The van der Waals surface area contributed by atoms with Crippen molar-refractivity contribution in [3.63, 3.8) is 0 Å². The van der Waals surface area contributed by atoms with E-state index in [9.17, 15) is 9.90 Å². The number of ether oxygens (including phenoxy) is 1. The van der Waals surface area contributed by atoms with Gasteiger partial charge in [0.15, 0.2) is 0 Å². The third-order valence-corrected chi connectivity index (χ3v) is 10.00. The number of aliphatic hydroxyl groups excluding tert-OH is 1. The number of hydrogen-bond donors (Lipinski definition) is 1. The van der Waals surface area contributed by atoms with E-state index in [1.807, 2.05) is 13.8 Å². The number of methoxy groups -OCH3 is 1. The number of fused-ring (bicyclic) bond motifs is 5. The van der Waals surface area contributed by atoms with E-state index in [-0.39, 0.29) is 12.1 Å². The minimum absolute atomic E-state index is 0.0425. The Kier molecular flexibility index (Phi) is 7.40. The normalized spacial score (nSPS) is 45.9. The van der Waals surface area contributed by atoms with Gasteiger partial charge in [-0.3, -0.25) is 4.79 Å². The Bertz CT molecular complexity index is 560. The number of carbonyl (C=O) groups is 1. The monoisotopic (exact) mass is 406 g/mol. The maximum Gasteiger partial charge on any atom is 0.305 e. The fraction of sp³-hybridized carbons (Fsp3) is 0.962. The highest BCUT2D eigenvalue weighted by atomic mass is 16.5. The summed E-state index contributed by atoms with van der Waals surface area (Å²) < 4.78 is 4.83. The third-order valence-electron chi connectivity index (χ3n) is 10.00. The molecule has 3 heteroatoms. The SMILES string of the molecule is CC.COC(=O)CCCC1CCC2C3CCC4CC(O)CCC4(C)C3CCC12C. The first-order chi connectivity index (χ1) is 13.9. The minimum Gasteiger partial charge on any atom is -0.469 e. The molecule has 0 amide bonds. The Balaban J connectivity index is 0.00000117. The zero-order valence-corrected chi connectivity index (χ0v) is 19.7. The van der Waals surface area contributed by atoms with Crippen LogP contribution in [-0.4, -0.2) is 24.3 Å². The van der Waals surface area contributed by atoms with Crippen LogP contribution in [0.3, 0.4) is 0 Å². The first kappa shape index (κ1) is 23.1. The molecule has 1 N–H and O–H groups in total. The largest absolute Gasteiger partial charge is 0.469 e. The molecular weight excluding hydrogens is 360 g/mol. The Morgan fingerprint density at radius 1 is 0.966 bits per heavy atom. The molecule has 0 heterocycles. The van der Waals surface area contributed by atoms with Crippen LogP contribution in [0.1, 0.15) is 105 Å². The van der Waals surface area contributed by atoms with Gasteiger partial charge in [-0.05, 0) is 111 Å². The summed E-state index contributed by atoms with van der Waals surface area (Å²) in [5.41, 5.74) is 0.973. The molecule has 8 atom stereocenters. The van der Waals surface area contributed by atoms with Crippen molar-refractivity contribution in [2.24, 2.45) is 40.4 Å². The van der Waals surface area contributed by atoms with Crippen molar-refractivity contribution in [1.82, 2.24) is 0 Å². The van der Waals surface area contributed by atoms with Crippen LogP contribution in [-0.2, 0) is 9.53 Å². The molecule has 0 aliphatic heterocycles. The molecule has 0 aromatic carbocycles. The van der Waals surface area contributed by atoms with Crippen LogP contribution in [0.5, 0.6) is 0 Å². The van der Waals surface area contributed by atoms with Gasteiger partial charge in [0.05, 0.1) is 13.2 Å². The van der Waals surface area contributed by atoms with E-state index in [1.54, 1.807) is 0 Å². The molecule has 0 aromatic heterocycles. The van der Waals surface area contributed by atoms with E-state index in [4.69, 9.17) is 4.74 Å². The number of rotatable bonds is 4. The topological polar surface area (TPSA) is 46.5 Å². The molecule has 4 aliphatic rings. The van der Waals surface area contributed by atoms with Gasteiger partial charge in [-0.2, -0.15) is 0 Å². The molecule has 0 saturated heterocycles. The second-order valence-corrected chi connectivity index (χ2v) is 10.9. The first-order valence-electron chi connectivity index (χ1n) is 12.6. The minimum atomic E-state index is -0.0517. The van der Waals surface area contributed by atoms with Gasteiger partial charge in [0.25, 0.3) is 0 Å². The number of aliphatic hydroxyl groups is 1. The third kappa shape index (κ3) is 4.14. The molecule has 4 fully saturated rings. The molecule has 168 valence electrons. The average Bonchev–Trinajstić information content (AvgIpc) is 3.06. The molecule has 29 heavy (non-hydrogen) atoms. The van der Waals surface area contributed by atoms with Crippen LogP contribution in [0, 0.1) is 40.4 Å². The average molecular weight is 407 g/mol. The summed E-state index contributed by atoms with van der Waals surface area (Å²) in [5, 5.41) is 10.2. The summed E-state index contributed by atoms with van der Waals surface area (Å²) in [6.07, 6.45) is 14.3. The van der Waals surface area contributed by atoms with Crippen molar-refractivity contribution in [2.45, 2.75) is 111 Å². The zero-order valence-electron chi connectivity index (χ0n) is 19.7. The standard InChI is InChI=1S/C24H40O3.C2H6/c1-23-14-12-21-19(9-7-17-15-18(25)11-13-24(17,21)2)20(23)10-8-16(23)5-4-6-22(26)27-3;1-2/h16-21,25H,4-15H2,1-3H3;1-2H3. The summed E-state index contributed by atoms with van der Waals surface area (Å²) in [6, 6.07) is 0. The molecule has 4 rings (SSSR count). The van der Waals surface area contributed by atoms with E-state index in [0.29, 0.717) is 17.3 Å².